The number of aryl methyl sites for hydroxylation is 1. The first kappa shape index (κ1) is 14.5. The molecule has 0 amide bonds. The number of hydrogen-bond donors (Lipinski definition) is 0. The van der Waals surface area contributed by atoms with E-state index in [1.807, 2.05) is 0 Å². The van der Waals surface area contributed by atoms with Crippen LogP contribution in [0.25, 0.3) is 16.7 Å². The molecule has 0 N–H and O–H groups in total. The molecule has 2 aromatic carbocycles. The second-order valence-electron chi connectivity index (χ2n) is 4.53. The van der Waals surface area contributed by atoms with Crippen LogP contribution in [0.2, 0.25) is 0 Å². The van der Waals surface area contributed by atoms with Crippen LogP contribution < -0.4 is 0 Å². The van der Waals surface area contributed by atoms with Gasteiger partial charge in [0.25, 0.3) is 0 Å². The highest BCUT2D eigenvalue weighted by Crippen LogP contribution is 2.28. The minimum absolute atomic E-state index is 0.367. The maximum Gasteiger partial charge on any atom is 0.125 e. The van der Waals surface area contributed by atoms with Crippen molar-refractivity contribution < 1.29 is 8.78 Å². The van der Waals surface area contributed by atoms with Gasteiger partial charge in [-0.1, -0.05) is 0 Å². The molecular formula is C15H10BrClF2N2. The molecule has 108 valence electrons. The molecule has 0 aliphatic heterocycles. The largest absolute Gasteiger partial charge is 0.295 e. The number of hydrogen-bond acceptors (Lipinski definition) is 1. The maximum absolute atomic E-state index is 13.6. The van der Waals surface area contributed by atoms with E-state index in [-0.39, 0.29) is 11.6 Å². The van der Waals surface area contributed by atoms with Crippen molar-refractivity contribution in [2.75, 3.05) is 5.88 Å². The zero-order valence-electron chi connectivity index (χ0n) is 10.8. The lowest BCUT2D eigenvalue weighted by molar-refractivity contribution is 0.625. The first-order valence-electron chi connectivity index (χ1n) is 6.28. The van der Waals surface area contributed by atoms with E-state index in [2.05, 4.69) is 20.9 Å². The number of imidazole rings is 1. The third-order valence-corrected chi connectivity index (χ3v) is 4.01. The van der Waals surface area contributed by atoms with Gasteiger partial charge in [-0.2, -0.15) is 0 Å². The van der Waals surface area contributed by atoms with Crippen LogP contribution in [-0.4, -0.2) is 15.4 Å². The fraction of sp³-hybridized carbons (Fsp3) is 0.133. The summed E-state index contributed by atoms with van der Waals surface area (Å²) in [6.07, 6.45) is 0.501. The number of rotatable bonds is 3. The summed E-state index contributed by atoms with van der Waals surface area (Å²) < 4.78 is 29.6. The van der Waals surface area contributed by atoms with Gasteiger partial charge < -0.3 is 0 Å². The summed E-state index contributed by atoms with van der Waals surface area (Å²) in [4.78, 5) is 4.46. The summed E-state index contributed by atoms with van der Waals surface area (Å²) in [6, 6.07) is 8.69. The van der Waals surface area contributed by atoms with E-state index in [1.165, 1.54) is 24.3 Å². The van der Waals surface area contributed by atoms with Gasteiger partial charge >= 0.3 is 0 Å². The van der Waals surface area contributed by atoms with Gasteiger partial charge in [0.1, 0.15) is 17.5 Å². The van der Waals surface area contributed by atoms with E-state index in [0.29, 0.717) is 39.3 Å². The fourth-order valence-electron chi connectivity index (χ4n) is 2.28. The highest BCUT2D eigenvalue weighted by Gasteiger charge is 2.15. The predicted octanol–water partition coefficient (Wildman–Crippen LogP) is 4.85. The van der Waals surface area contributed by atoms with Crippen LogP contribution in [0.5, 0.6) is 0 Å². The Hall–Kier alpha value is -1.46. The Morgan fingerprint density at radius 2 is 1.81 bits per heavy atom. The number of halogens is 4. The van der Waals surface area contributed by atoms with Gasteiger partial charge in [-0.05, 0) is 46.3 Å². The molecule has 6 heteroatoms. The molecule has 1 aromatic heterocycles. The minimum atomic E-state index is -0.372. The van der Waals surface area contributed by atoms with Crippen molar-refractivity contribution in [1.29, 1.82) is 0 Å². The van der Waals surface area contributed by atoms with Crippen molar-refractivity contribution in [1.82, 2.24) is 9.55 Å². The Balaban J connectivity index is 2.35. The van der Waals surface area contributed by atoms with Gasteiger partial charge in [-0.25, -0.2) is 13.8 Å². The van der Waals surface area contributed by atoms with Gasteiger partial charge in [-0.3, -0.25) is 4.57 Å². The zero-order chi connectivity index (χ0) is 15.0. The monoisotopic (exact) mass is 370 g/mol. The standard InChI is InChI=1S/C15H10BrClF2N2/c16-11-3-1-9(18)7-13(11)21-14-8-10(19)2-4-12(14)20-15(21)5-6-17/h1-4,7-8H,5-6H2. The SMILES string of the molecule is Fc1ccc(Br)c(-n2c(CCCl)nc3ccc(F)cc32)c1. The molecule has 3 aromatic rings. The Morgan fingerprint density at radius 3 is 2.57 bits per heavy atom. The number of nitrogens with zero attached hydrogens (tertiary/aromatic N) is 2. The van der Waals surface area contributed by atoms with E-state index >= 15 is 0 Å². The third kappa shape index (κ3) is 2.68. The van der Waals surface area contributed by atoms with Crippen LogP contribution in [0.3, 0.4) is 0 Å². The van der Waals surface area contributed by atoms with E-state index in [9.17, 15) is 8.78 Å². The highest BCUT2D eigenvalue weighted by atomic mass is 79.9. The van der Waals surface area contributed by atoms with Gasteiger partial charge in [0.2, 0.25) is 0 Å². The molecular weight excluding hydrogens is 362 g/mol. The Bertz CT molecular complexity index is 817. The molecule has 0 radical (unpaired) electrons. The smallest absolute Gasteiger partial charge is 0.125 e. The number of benzene rings is 2. The highest BCUT2D eigenvalue weighted by molar-refractivity contribution is 9.10. The molecule has 0 saturated heterocycles. The Morgan fingerprint density at radius 1 is 1.10 bits per heavy atom. The molecule has 0 aliphatic rings. The molecule has 21 heavy (non-hydrogen) atoms. The van der Waals surface area contributed by atoms with Crippen molar-refractivity contribution in [3.05, 3.63) is 58.3 Å². The first-order valence-corrected chi connectivity index (χ1v) is 7.61. The third-order valence-electron chi connectivity index (χ3n) is 3.15. The summed E-state index contributed by atoms with van der Waals surface area (Å²) in [5, 5.41) is 0. The Labute approximate surface area is 133 Å². The van der Waals surface area contributed by atoms with Crippen LogP contribution in [0, 0.1) is 11.6 Å². The quantitative estimate of drug-likeness (QED) is 0.602. The van der Waals surface area contributed by atoms with Crippen LogP contribution in [-0.2, 0) is 6.42 Å². The van der Waals surface area contributed by atoms with E-state index < -0.39 is 0 Å². The lowest BCUT2D eigenvalue weighted by Crippen LogP contribution is -2.03. The molecule has 3 rings (SSSR count). The number of fused-ring (bicyclic) bond motifs is 1. The van der Waals surface area contributed by atoms with Crippen molar-refractivity contribution >= 4 is 38.6 Å². The minimum Gasteiger partial charge on any atom is -0.295 e. The summed E-state index contributed by atoms with van der Waals surface area (Å²) in [7, 11) is 0. The molecule has 0 atom stereocenters. The van der Waals surface area contributed by atoms with E-state index in [1.54, 1.807) is 16.7 Å². The fourth-order valence-corrected chi connectivity index (χ4v) is 2.87. The lowest BCUT2D eigenvalue weighted by atomic mass is 10.2. The maximum atomic E-state index is 13.6. The second kappa shape index (κ2) is 5.73. The molecule has 0 bridgehead atoms. The van der Waals surface area contributed by atoms with Gasteiger partial charge in [0.05, 0.1) is 16.7 Å². The summed E-state index contributed by atoms with van der Waals surface area (Å²) in [6.45, 7) is 0. The van der Waals surface area contributed by atoms with Crippen molar-refractivity contribution in [3.63, 3.8) is 0 Å². The normalized spacial score (nSPS) is 11.2. The van der Waals surface area contributed by atoms with Crippen molar-refractivity contribution in [2.24, 2.45) is 0 Å². The molecule has 1 heterocycles. The van der Waals surface area contributed by atoms with E-state index in [4.69, 9.17) is 11.6 Å². The zero-order valence-corrected chi connectivity index (χ0v) is 13.1. The summed E-state index contributed by atoms with van der Waals surface area (Å²) in [5.41, 5.74) is 1.80. The topological polar surface area (TPSA) is 17.8 Å². The van der Waals surface area contributed by atoms with Gasteiger partial charge in [0, 0.05) is 22.8 Å². The molecule has 0 spiro atoms. The molecule has 0 aliphatic carbocycles. The summed E-state index contributed by atoms with van der Waals surface area (Å²) in [5.74, 6) is 0.299. The number of aromatic nitrogens is 2. The molecule has 2 nitrogen and oxygen atoms in total. The second-order valence-corrected chi connectivity index (χ2v) is 5.76. The van der Waals surface area contributed by atoms with Crippen LogP contribution >= 0.6 is 27.5 Å². The van der Waals surface area contributed by atoms with Gasteiger partial charge in [-0.15, -0.1) is 11.6 Å². The van der Waals surface area contributed by atoms with E-state index in [0.717, 1.165) is 0 Å². The summed E-state index contributed by atoms with van der Waals surface area (Å²) >= 11 is 9.21. The van der Waals surface area contributed by atoms with Gasteiger partial charge in [0.15, 0.2) is 0 Å². The van der Waals surface area contributed by atoms with Crippen LogP contribution in [0.4, 0.5) is 8.78 Å². The van der Waals surface area contributed by atoms with Crippen molar-refractivity contribution in [2.45, 2.75) is 6.42 Å². The predicted molar refractivity (Wildman–Crippen MR) is 83.1 cm³/mol. The molecule has 0 unspecified atom stereocenters. The lowest BCUT2D eigenvalue weighted by Gasteiger charge is -2.11. The molecule has 0 fully saturated rings. The van der Waals surface area contributed by atoms with Crippen LogP contribution in [0.15, 0.2) is 40.9 Å². The average Bonchev–Trinajstić information content (AvgIpc) is 2.79. The molecule has 0 saturated carbocycles. The number of alkyl halides is 1. The van der Waals surface area contributed by atoms with Crippen LogP contribution in [0.1, 0.15) is 5.82 Å². The Kier molecular flexibility index (Phi) is 3.95. The average molecular weight is 372 g/mol. The first-order chi connectivity index (χ1) is 10.1. The van der Waals surface area contributed by atoms with Crippen molar-refractivity contribution in [3.8, 4) is 5.69 Å².